The second-order valence-electron chi connectivity index (χ2n) is 4.82. The van der Waals surface area contributed by atoms with Gasteiger partial charge in [-0.3, -0.25) is 4.79 Å². The number of carbonyl (C=O) groups excluding carboxylic acids is 1. The first-order valence-electron chi connectivity index (χ1n) is 6.80. The molecular weight excluding hydrogens is 346 g/mol. The molecule has 0 heterocycles. The van der Waals surface area contributed by atoms with Gasteiger partial charge in [-0.15, -0.1) is 0 Å². The third-order valence-corrected chi connectivity index (χ3v) is 3.85. The summed E-state index contributed by atoms with van der Waals surface area (Å²) in [7, 11) is 3.15. The van der Waals surface area contributed by atoms with Gasteiger partial charge < -0.3 is 14.8 Å². The topological polar surface area (TPSA) is 47.6 Å². The van der Waals surface area contributed by atoms with Gasteiger partial charge >= 0.3 is 0 Å². The minimum atomic E-state index is -0.170. The molecule has 0 saturated heterocycles. The Kier molecular flexibility index (Phi) is 5.44. The Morgan fingerprint density at radius 2 is 1.77 bits per heavy atom. The molecule has 0 fully saturated rings. The molecule has 4 nitrogen and oxygen atoms in total. The number of nitrogens with one attached hydrogen (secondary N) is 1. The molecular formula is C17H18BrNO3. The van der Waals surface area contributed by atoms with E-state index < -0.39 is 0 Å². The van der Waals surface area contributed by atoms with E-state index in [1.807, 2.05) is 31.2 Å². The van der Waals surface area contributed by atoms with E-state index in [9.17, 15) is 4.79 Å². The Labute approximate surface area is 138 Å². The van der Waals surface area contributed by atoms with Crippen LogP contribution < -0.4 is 14.8 Å². The van der Waals surface area contributed by atoms with Crippen LogP contribution in [0.4, 0.5) is 0 Å². The molecule has 0 spiro atoms. The fraction of sp³-hybridized carbons (Fsp3) is 0.235. The van der Waals surface area contributed by atoms with Crippen LogP contribution in [0.3, 0.4) is 0 Å². The summed E-state index contributed by atoms with van der Waals surface area (Å²) in [6.45, 7) is 2.34. The molecule has 0 aliphatic heterocycles. The van der Waals surface area contributed by atoms with Crippen LogP contribution in [0.2, 0.25) is 0 Å². The Hall–Kier alpha value is -2.01. The van der Waals surface area contributed by atoms with Gasteiger partial charge in [-0.05, 0) is 36.8 Å². The summed E-state index contributed by atoms with van der Waals surface area (Å²) < 4.78 is 11.6. The zero-order valence-corrected chi connectivity index (χ0v) is 14.4. The number of carbonyl (C=O) groups is 1. The zero-order valence-electron chi connectivity index (χ0n) is 12.8. The SMILES string of the molecule is COc1cc(C(=O)NCc2cccc(Br)c2)cc(OC)c1C. The number of halogens is 1. The number of benzene rings is 2. The molecule has 0 aliphatic rings. The van der Waals surface area contributed by atoms with E-state index in [0.717, 1.165) is 15.6 Å². The van der Waals surface area contributed by atoms with Crippen LogP contribution in [0.5, 0.6) is 11.5 Å². The molecule has 1 amide bonds. The molecule has 0 bridgehead atoms. The molecule has 0 radical (unpaired) electrons. The van der Waals surface area contributed by atoms with Gasteiger partial charge in [0.05, 0.1) is 14.2 Å². The van der Waals surface area contributed by atoms with Gasteiger partial charge in [-0.1, -0.05) is 28.1 Å². The van der Waals surface area contributed by atoms with Crippen molar-refractivity contribution in [3.63, 3.8) is 0 Å². The van der Waals surface area contributed by atoms with E-state index in [1.54, 1.807) is 26.4 Å². The summed E-state index contributed by atoms with van der Waals surface area (Å²) in [5.41, 5.74) is 2.40. The average molecular weight is 364 g/mol. The molecule has 2 aromatic rings. The molecule has 5 heteroatoms. The highest BCUT2D eigenvalue weighted by Gasteiger charge is 2.13. The smallest absolute Gasteiger partial charge is 0.251 e. The molecule has 116 valence electrons. The Morgan fingerprint density at radius 3 is 2.32 bits per heavy atom. The third kappa shape index (κ3) is 3.80. The summed E-state index contributed by atoms with van der Waals surface area (Å²) in [4.78, 5) is 12.3. The molecule has 0 aliphatic carbocycles. The van der Waals surface area contributed by atoms with Gasteiger partial charge in [0.25, 0.3) is 5.91 Å². The molecule has 22 heavy (non-hydrogen) atoms. The van der Waals surface area contributed by atoms with Crippen LogP contribution in [-0.4, -0.2) is 20.1 Å². The number of ether oxygens (including phenoxy) is 2. The van der Waals surface area contributed by atoms with Crippen molar-refractivity contribution >= 4 is 21.8 Å². The second kappa shape index (κ2) is 7.31. The lowest BCUT2D eigenvalue weighted by Crippen LogP contribution is -2.23. The first-order chi connectivity index (χ1) is 10.5. The molecule has 2 rings (SSSR count). The maximum atomic E-state index is 12.3. The Morgan fingerprint density at radius 1 is 1.14 bits per heavy atom. The fourth-order valence-corrected chi connectivity index (χ4v) is 2.60. The van der Waals surface area contributed by atoms with Crippen LogP contribution in [0.15, 0.2) is 40.9 Å². The predicted molar refractivity (Wildman–Crippen MR) is 89.6 cm³/mol. The van der Waals surface area contributed by atoms with E-state index >= 15 is 0 Å². The van der Waals surface area contributed by atoms with Crippen LogP contribution >= 0.6 is 15.9 Å². The number of hydrogen-bond acceptors (Lipinski definition) is 3. The van der Waals surface area contributed by atoms with Crippen molar-refractivity contribution in [2.45, 2.75) is 13.5 Å². The van der Waals surface area contributed by atoms with E-state index in [0.29, 0.717) is 23.6 Å². The molecule has 0 saturated carbocycles. The van der Waals surface area contributed by atoms with Gasteiger partial charge in [0.1, 0.15) is 11.5 Å². The van der Waals surface area contributed by atoms with Crippen molar-refractivity contribution in [3.05, 3.63) is 57.6 Å². The van der Waals surface area contributed by atoms with Gasteiger partial charge in [0.15, 0.2) is 0 Å². The van der Waals surface area contributed by atoms with Gasteiger partial charge in [0.2, 0.25) is 0 Å². The summed E-state index contributed by atoms with van der Waals surface area (Å²) in [5.74, 6) is 1.09. The maximum absolute atomic E-state index is 12.3. The quantitative estimate of drug-likeness (QED) is 0.880. The van der Waals surface area contributed by atoms with Crippen LogP contribution in [0.25, 0.3) is 0 Å². The first-order valence-corrected chi connectivity index (χ1v) is 7.59. The van der Waals surface area contributed by atoms with Crippen molar-refractivity contribution < 1.29 is 14.3 Å². The standard InChI is InChI=1S/C17H18BrNO3/c1-11-15(21-2)8-13(9-16(11)22-3)17(20)19-10-12-5-4-6-14(18)7-12/h4-9H,10H2,1-3H3,(H,19,20). The number of rotatable bonds is 5. The normalized spacial score (nSPS) is 10.2. The van der Waals surface area contributed by atoms with Crippen molar-refractivity contribution in [1.29, 1.82) is 0 Å². The molecule has 0 atom stereocenters. The van der Waals surface area contributed by atoms with E-state index in [2.05, 4.69) is 21.2 Å². The summed E-state index contributed by atoms with van der Waals surface area (Å²) in [6, 6.07) is 11.2. The minimum Gasteiger partial charge on any atom is -0.496 e. The lowest BCUT2D eigenvalue weighted by atomic mass is 10.1. The Bertz CT molecular complexity index is 660. The van der Waals surface area contributed by atoms with Crippen LogP contribution in [-0.2, 0) is 6.54 Å². The van der Waals surface area contributed by atoms with Crippen molar-refractivity contribution in [3.8, 4) is 11.5 Å². The highest BCUT2D eigenvalue weighted by atomic mass is 79.9. The number of amides is 1. The molecule has 0 unspecified atom stereocenters. The van der Waals surface area contributed by atoms with Crippen LogP contribution in [0.1, 0.15) is 21.5 Å². The fourth-order valence-electron chi connectivity index (χ4n) is 2.15. The molecule has 0 aromatic heterocycles. The Balaban J connectivity index is 2.15. The van der Waals surface area contributed by atoms with E-state index in [1.165, 1.54) is 0 Å². The summed E-state index contributed by atoms with van der Waals surface area (Å²) in [6.07, 6.45) is 0. The lowest BCUT2D eigenvalue weighted by molar-refractivity contribution is 0.0950. The first kappa shape index (κ1) is 16.4. The van der Waals surface area contributed by atoms with Gasteiger partial charge in [-0.25, -0.2) is 0 Å². The van der Waals surface area contributed by atoms with Crippen molar-refractivity contribution in [1.82, 2.24) is 5.32 Å². The minimum absolute atomic E-state index is 0.170. The van der Waals surface area contributed by atoms with E-state index in [4.69, 9.17) is 9.47 Å². The second-order valence-corrected chi connectivity index (χ2v) is 5.73. The summed E-state index contributed by atoms with van der Waals surface area (Å²) in [5, 5.41) is 2.89. The van der Waals surface area contributed by atoms with Crippen LogP contribution in [0, 0.1) is 6.92 Å². The summed E-state index contributed by atoms with van der Waals surface area (Å²) >= 11 is 3.41. The molecule has 1 N–H and O–H groups in total. The maximum Gasteiger partial charge on any atom is 0.251 e. The third-order valence-electron chi connectivity index (χ3n) is 3.36. The average Bonchev–Trinajstić information content (AvgIpc) is 2.53. The van der Waals surface area contributed by atoms with Crippen molar-refractivity contribution in [2.75, 3.05) is 14.2 Å². The number of hydrogen-bond donors (Lipinski definition) is 1. The molecule has 2 aromatic carbocycles. The lowest BCUT2D eigenvalue weighted by Gasteiger charge is -2.13. The largest absolute Gasteiger partial charge is 0.496 e. The van der Waals surface area contributed by atoms with Crippen molar-refractivity contribution in [2.24, 2.45) is 0 Å². The monoisotopic (exact) mass is 363 g/mol. The zero-order chi connectivity index (χ0) is 16.1. The van der Waals surface area contributed by atoms with E-state index in [-0.39, 0.29) is 5.91 Å². The predicted octanol–water partition coefficient (Wildman–Crippen LogP) is 3.70. The van der Waals surface area contributed by atoms with Gasteiger partial charge in [0, 0.05) is 22.1 Å². The number of methoxy groups -OCH3 is 2. The van der Waals surface area contributed by atoms with Gasteiger partial charge in [-0.2, -0.15) is 0 Å². The highest BCUT2D eigenvalue weighted by molar-refractivity contribution is 9.10. The highest BCUT2D eigenvalue weighted by Crippen LogP contribution is 2.29.